The number of thiocarbonyl (C=S) groups is 1. The molecule has 1 aliphatic carbocycles. The molecule has 41 heavy (non-hydrogen) atoms. The molecule has 1 aliphatic heterocycles. The van der Waals surface area contributed by atoms with Crippen molar-refractivity contribution in [1.29, 1.82) is 0 Å². The molecule has 2 atom stereocenters. The average molecular weight is 622 g/mol. The van der Waals surface area contributed by atoms with E-state index in [1.54, 1.807) is 17.5 Å². The molecule has 0 radical (unpaired) electrons. The number of amides is 1. The molecule has 2 N–H and O–H groups in total. The van der Waals surface area contributed by atoms with Gasteiger partial charge in [0.15, 0.2) is 0 Å². The van der Waals surface area contributed by atoms with Crippen LogP contribution in [-0.4, -0.2) is 48.9 Å². The van der Waals surface area contributed by atoms with Crippen molar-refractivity contribution in [2.45, 2.75) is 24.3 Å². The van der Waals surface area contributed by atoms with Crippen LogP contribution in [0.1, 0.15) is 32.8 Å². The van der Waals surface area contributed by atoms with Crippen molar-refractivity contribution in [2.24, 2.45) is 5.92 Å². The van der Waals surface area contributed by atoms with Gasteiger partial charge in [-0.15, -0.1) is 11.3 Å². The van der Waals surface area contributed by atoms with E-state index < -0.39 is 34.7 Å². The first-order valence-corrected chi connectivity index (χ1v) is 14.3. The van der Waals surface area contributed by atoms with E-state index in [-0.39, 0.29) is 48.0 Å². The van der Waals surface area contributed by atoms with Crippen molar-refractivity contribution in [3.63, 3.8) is 0 Å². The van der Waals surface area contributed by atoms with Gasteiger partial charge >= 0.3 is 12.1 Å². The van der Waals surface area contributed by atoms with E-state index in [0.29, 0.717) is 21.0 Å². The third-order valence-corrected chi connectivity index (χ3v) is 9.25. The van der Waals surface area contributed by atoms with Crippen molar-refractivity contribution >= 4 is 62.9 Å². The highest BCUT2D eigenvalue weighted by atomic mass is 32.2. The van der Waals surface area contributed by atoms with Crippen molar-refractivity contribution in [1.82, 2.24) is 4.90 Å². The molecule has 1 aromatic heterocycles. The SMILES string of the molecule is O=C(O)c1cc(C2=CC2C(=O)CCN2C(=O)C(Cc3cc(-c4ccc(F)c(C(F)(F)F)c4)cs3)SC2=S)ccc1O. The van der Waals surface area contributed by atoms with Crippen molar-refractivity contribution in [2.75, 3.05) is 6.54 Å². The summed E-state index contributed by atoms with van der Waals surface area (Å²) >= 11 is 7.81. The zero-order chi connectivity index (χ0) is 29.6. The van der Waals surface area contributed by atoms with Gasteiger partial charge in [0.1, 0.15) is 27.2 Å². The predicted molar refractivity (Wildman–Crippen MR) is 150 cm³/mol. The summed E-state index contributed by atoms with van der Waals surface area (Å²) in [6.45, 7) is 0.0824. The number of thiophene rings is 1. The number of rotatable bonds is 9. The predicted octanol–water partition coefficient (Wildman–Crippen LogP) is 6.42. The number of Topliss-reactive ketones (excluding diaryl/α,β-unsaturated/α-hetero) is 1. The first kappa shape index (κ1) is 29.0. The van der Waals surface area contributed by atoms with Gasteiger partial charge in [-0.3, -0.25) is 14.5 Å². The second kappa shape index (κ2) is 11.0. The first-order valence-electron chi connectivity index (χ1n) is 12.1. The number of benzene rings is 2. The standard InChI is InChI=1S/C28H19F4NO5S3/c29-21-3-1-13(9-20(21)28(30,31)32)15-7-16(40-12-15)10-24-25(36)33(27(39)41-24)6-5-23(35)18-11-17(18)14-2-4-22(34)19(8-14)26(37)38/h1-4,7-9,11-12,18,24,34H,5-6,10H2,(H,37,38). The Hall–Kier alpha value is -3.55. The minimum absolute atomic E-state index is 0.0307. The third kappa shape index (κ3) is 6.07. The highest BCUT2D eigenvalue weighted by Crippen LogP contribution is 2.41. The van der Waals surface area contributed by atoms with Gasteiger partial charge in [0.2, 0.25) is 5.91 Å². The molecule has 2 aliphatic rings. The molecule has 5 rings (SSSR count). The Balaban J connectivity index is 1.17. The molecule has 13 heteroatoms. The third-order valence-electron chi connectivity index (χ3n) is 6.71. The highest BCUT2D eigenvalue weighted by Gasteiger charge is 2.39. The zero-order valence-electron chi connectivity index (χ0n) is 20.8. The quantitative estimate of drug-likeness (QED) is 0.210. The minimum atomic E-state index is -4.82. The molecule has 212 valence electrons. The normalized spacial score (nSPS) is 18.5. The summed E-state index contributed by atoms with van der Waals surface area (Å²) in [6.07, 6.45) is -2.82. The van der Waals surface area contributed by atoms with Crippen LogP contribution in [0.2, 0.25) is 0 Å². The molecular formula is C28H19F4NO5S3. The number of allylic oxidation sites excluding steroid dienone is 2. The van der Waals surface area contributed by atoms with Crippen LogP contribution < -0.4 is 0 Å². The topological polar surface area (TPSA) is 94.9 Å². The lowest BCUT2D eigenvalue weighted by Gasteiger charge is -2.15. The van der Waals surface area contributed by atoms with E-state index in [9.17, 15) is 42.2 Å². The van der Waals surface area contributed by atoms with Gasteiger partial charge in [0.25, 0.3) is 0 Å². The highest BCUT2D eigenvalue weighted by molar-refractivity contribution is 8.24. The minimum Gasteiger partial charge on any atom is -0.507 e. The molecule has 1 amide bonds. The van der Waals surface area contributed by atoms with Crippen LogP contribution in [0.25, 0.3) is 16.7 Å². The monoisotopic (exact) mass is 621 g/mol. The second-order valence-electron chi connectivity index (χ2n) is 9.41. The number of thioether (sulfide) groups is 1. The summed E-state index contributed by atoms with van der Waals surface area (Å²) in [5, 5.41) is 20.0. The van der Waals surface area contributed by atoms with E-state index in [1.807, 2.05) is 0 Å². The van der Waals surface area contributed by atoms with Gasteiger partial charge in [0.05, 0.1) is 16.7 Å². The first-order chi connectivity index (χ1) is 19.3. The molecule has 2 aromatic carbocycles. The number of carbonyl (C=O) groups excluding carboxylic acids is 2. The smallest absolute Gasteiger partial charge is 0.419 e. The van der Waals surface area contributed by atoms with Crippen LogP contribution in [0, 0.1) is 11.7 Å². The maximum Gasteiger partial charge on any atom is 0.419 e. The summed E-state index contributed by atoms with van der Waals surface area (Å²) in [7, 11) is 0. The summed E-state index contributed by atoms with van der Waals surface area (Å²) in [5.74, 6) is -3.94. The number of nitrogens with zero attached hydrogens (tertiary/aromatic N) is 1. The number of phenols is 1. The Labute approximate surface area is 244 Å². The Morgan fingerprint density at radius 3 is 2.49 bits per heavy atom. The fraction of sp³-hybridized carbons (Fsp3) is 0.214. The molecule has 1 saturated heterocycles. The molecule has 0 spiro atoms. The van der Waals surface area contributed by atoms with Gasteiger partial charge in [-0.2, -0.15) is 13.2 Å². The molecule has 0 saturated carbocycles. The molecule has 3 aromatic rings. The lowest BCUT2D eigenvalue weighted by atomic mass is 10.0. The van der Waals surface area contributed by atoms with E-state index in [2.05, 4.69) is 0 Å². The number of aromatic carboxylic acids is 1. The van der Waals surface area contributed by atoms with E-state index in [0.717, 1.165) is 17.0 Å². The summed E-state index contributed by atoms with van der Waals surface area (Å²) in [5.41, 5.74) is 0.250. The Kier molecular flexibility index (Phi) is 7.79. The number of carboxylic acid groups (broad SMARTS) is 1. The number of carbonyl (C=O) groups is 3. The van der Waals surface area contributed by atoms with Gasteiger partial charge in [-0.1, -0.05) is 42.2 Å². The molecule has 2 heterocycles. The number of ketones is 1. The van der Waals surface area contributed by atoms with E-state index in [4.69, 9.17) is 12.2 Å². The van der Waals surface area contributed by atoms with Crippen LogP contribution >= 0.6 is 35.3 Å². The Morgan fingerprint density at radius 1 is 1.05 bits per heavy atom. The van der Waals surface area contributed by atoms with Gasteiger partial charge in [-0.25, -0.2) is 9.18 Å². The number of alkyl halides is 3. The summed E-state index contributed by atoms with van der Waals surface area (Å²) < 4.78 is 53.3. The lowest BCUT2D eigenvalue weighted by Crippen LogP contribution is -2.34. The maximum absolute atomic E-state index is 13.7. The maximum atomic E-state index is 13.7. The number of aromatic hydroxyl groups is 1. The Morgan fingerprint density at radius 2 is 1.78 bits per heavy atom. The largest absolute Gasteiger partial charge is 0.507 e. The van der Waals surface area contributed by atoms with E-state index in [1.165, 1.54) is 52.3 Å². The number of hydrogen-bond donors (Lipinski definition) is 2. The van der Waals surface area contributed by atoms with Gasteiger partial charge in [0, 0.05) is 24.3 Å². The van der Waals surface area contributed by atoms with Crippen LogP contribution in [0.15, 0.2) is 53.9 Å². The van der Waals surface area contributed by atoms with Crippen LogP contribution in [0.3, 0.4) is 0 Å². The summed E-state index contributed by atoms with van der Waals surface area (Å²) in [6, 6.07) is 8.57. The molecular weight excluding hydrogens is 603 g/mol. The van der Waals surface area contributed by atoms with Crippen LogP contribution in [0.4, 0.5) is 17.6 Å². The van der Waals surface area contributed by atoms with Crippen LogP contribution in [0.5, 0.6) is 5.75 Å². The fourth-order valence-corrected chi connectivity index (χ4v) is 7.13. The molecule has 2 unspecified atom stereocenters. The van der Waals surface area contributed by atoms with Crippen molar-refractivity contribution in [3.05, 3.63) is 81.3 Å². The van der Waals surface area contributed by atoms with Crippen LogP contribution in [-0.2, 0) is 22.2 Å². The number of carboxylic acids is 1. The Bertz CT molecular complexity index is 1630. The van der Waals surface area contributed by atoms with Crippen molar-refractivity contribution < 1.29 is 42.2 Å². The van der Waals surface area contributed by atoms with Crippen molar-refractivity contribution in [3.8, 4) is 16.9 Å². The van der Waals surface area contributed by atoms with Gasteiger partial charge < -0.3 is 10.2 Å². The van der Waals surface area contributed by atoms with Gasteiger partial charge in [-0.05, 0) is 58.0 Å². The number of hydrogen-bond acceptors (Lipinski definition) is 7. The zero-order valence-corrected chi connectivity index (χ0v) is 23.2. The fourth-order valence-electron chi connectivity index (χ4n) is 4.51. The molecule has 1 fully saturated rings. The number of halogens is 4. The van der Waals surface area contributed by atoms with E-state index >= 15 is 0 Å². The summed E-state index contributed by atoms with van der Waals surface area (Å²) in [4.78, 5) is 39.2. The molecule has 6 nitrogen and oxygen atoms in total. The lowest BCUT2D eigenvalue weighted by molar-refractivity contribution is -0.140. The average Bonchev–Trinajstić information content (AvgIpc) is 3.50. The molecule has 0 bridgehead atoms. The second-order valence-corrected chi connectivity index (χ2v) is 12.2.